The van der Waals surface area contributed by atoms with Crippen molar-refractivity contribution in [2.45, 2.75) is 13.0 Å². The van der Waals surface area contributed by atoms with Gasteiger partial charge in [-0.2, -0.15) is 0 Å². The quantitative estimate of drug-likeness (QED) is 0.462. The molecule has 10 heteroatoms. The molecule has 0 aliphatic heterocycles. The van der Waals surface area contributed by atoms with E-state index in [-0.39, 0.29) is 16.9 Å². The lowest BCUT2D eigenvalue weighted by Gasteiger charge is -2.20. The predicted octanol–water partition coefficient (Wildman–Crippen LogP) is 3.50. The van der Waals surface area contributed by atoms with Gasteiger partial charge in [-0.3, -0.25) is 9.36 Å². The first kappa shape index (κ1) is 18.8. The van der Waals surface area contributed by atoms with Crippen LogP contribution in [0.25, 0.3) is 27.8 Å². The minimum absolute atomic E-state index is 0.0161. The Bertz CT molecular complexity index is 1490. The Morgan fingerprint density at radius 3 is 2.77 bits per heavy atom. The van der Waals surface area contributed by atoms with Crippen molar-refractivity contribution in [3.63, 3.8) is 0 Å². The van der Waals surface area contributed by atoms with Crippen molar-refractivity contribution in [2.24, 2.45) is 0 Å². The van der Waals surface area contributed by atoms with Gasteiger partial charge in [0.1, 0.15) is 29.3 Å². The molecule has 3 heterocycles. The number of fused-ring (bicyclic) bond motifs is 2. The van der Waals surface area contributed by atoms with Crippen LogP contribution in [0.5, 0.6) is 0 Å². The van der Waals surface area contributed by atoms with Gasteiger partial charge in [-0.25, -0.2) is 28.7 Å². The maximum Gasteiger partial charge on any atom is 0.266 e. The Kier molecular flexibility index (Phi) is 4.39. The number of benzene rings is 2. The summed E-state index contributed by atoms with van der Waals surface area (Å²) in [4.78, 5) is 33.3. The largest absolute Gasteiger partial charge is 0.358 e. The molecule has 31 heavy (non-hydrogen) atoms. The van der Waals surface area contributed by atoms with E-state index in [1.165, 1.54) is 43.0 Å². The van der Waals surface area contributed by atoms with Crippen molar-refractivity contribution in [3.05, 3.63) is 82.9 Å². The number of anilines is 1. The minimum atomic E-state index is -0.604. The molecule has 0 bridgehead atoms. The molecule has 0 unspecified atom stereocenters. The first-order valence-electron chi connectivity index (χ1n) is 9.40. The number of hydrogen-bond donors (Lipinski definition) is 2. The minimum Gasteiger partial charge on any atom is -0.358 e. The average molecular weight is 419 g/mol. The van der Waals surface area contributed by atoms with Crippen molar-refractivity contribution in [3.8, 4) is 5.69 Å². The summed E-state index contributed by atoms with van der Waals surface area (Å²) < 4.78 is 29.6. The van der Waals surface area contributed by atoms with E-state index in [0.717, 1.165) is 10.6 Å². The summed E-state index contributed by atoms with van der Waals surface area (Å²) in [5.41, 5.74) is 0.790. The van der Waals surface area contributed by atoms with Gasteiger partial charge in [-0.05, 0) is 37.3 Å². The van der Waals surface area contributed by atoms with Crippen LogP contribution in [0.15, 0.2) is 59.9 Å². The lowest BCUT2D eigenvalue weighted by atomic mass is 10.2. The van der Waals surface area contributed by atoms with Crippen molar-refractivity contribution >= 4 is 27.9 Å². The van der Waals surface area contributed by atoms with E-state index in [1.54, 1.807) is 13.0 Å². The van der Waals surface area contributed by atoms with Crippen LogP contribution in [0.1, 0.15) is 18.8 Å². The maximum atomic E-state index is 14.7. The summed E-state index contributed by atoms with van der Waals surface area (Å²) in [5, 5.41) is 3.22. The summed E-state index contributed by atoms with van der Waals surface area (Å²) >= 11 is 0. The molecule has 0 saturated carbocycles. The highest BCUT2D eigenvalue weighted by atomic mass is 19.1. The average Bonchev–Trinajstić information content (AvgIpc) is 3.25. The summed E-state index contributed by atoms with van der Waals surface area (Å²) in [6.45, 7) is 1.76. The molecular weight excluding hydrogens is 404 g/mol. The van der Waals surface area contributed by atoms with E-state index in [2.05, 4.69) is 30.2 Å². The monoisotopic (exact) mass is 419 g/mol. The first-order chi connectivity index (χ1) is 15.0. The predicted molar refractivity (Wildman–Crippen MR) is 111 cm³/mol. The maximum absolute atomic E-state index is 14.7. The van der Waals surface area contributed by atoms with Gasteiger partial charge < -0.3 is 10.3 Å². The molecule has 5 rings (SSSR count). The zero-order valence-electron chi connectivity index (χ0n) is 16.2. The fourth-order valence-corrected chi connectivity index (χ4v) is 3.47. The van der Waals surface area contributed by atoms with Crippen LogP contribution in [0.2, 0.25) is 0 Å². The molecule has 0 spiro atoms. The van der Waals surface area contributed by atoms with Crippen LogP contribution in [0.4, 0.5) is 14.6 Å². The Labute approximate surface area is 173 Å². The highest BCUT2D eigenvalue weighted by Crippen LogP contribution is 2.24. The molecule has 2 N–H and O–H groups in total. The number of para-hydroxylation sites is 1. The van der Waals surface area contributed by atoms with Gasteiger partial charge in [0.25, 0.3) is 5.56 Å². The van der Waals surface area contributed by atoms with Gasteiger partial charge >= 0.3 is 0 Å². The highest BCUT2D eigenvalue weighted by Gasteiger charge is 2.21. The number of aromatic nitrogens is 6. The van der Waals surface area contributed by atoms with Gasteiger partial charge in [0.2, 0.25) is 0 Å². The number of hydrogen-bond acceptors (Lipinski definition) is 6. The molecular formula is C21H15F2N7O. The van der Waals surface area contributed by atoms with Crippen LogP contribution in [0.3, 0.4) is 0 Å². The topological polar surface area (TPSA) is 101 Å². The van der Waals surface area contributed by atoms with E-state index in [0.29, 0.717) is 22.5 Å². The number of nitrogens with zero attached hydrogens (tertiary/aromatic N) is 5. The summed E-state index contributed by atoms with van der Waals surface area (Å²) in [5.74, 6) is -0.525. The Balaban J connectivity index is 1.72. The number of halogens is 2. The second-order valence-corrected chi connectivity index (χ2v) is 6.91. The van der Waals surface area contributed by atoms with Crippen LogP contribution < -0.4 is 10.9 Å². The summed E-state index contributed by atoms with van der Waals surface area (Å²) in [7, 11) is 0. The molecule has 0 aliphatic carbocycles. The third-order valence-electron chi connectivity index (χ3n) is 4.91. The van der Waals surface area contributed by atoms with Gasteiger partial charge in [0.15, 0.2) is 11.5 Å². The molecule has 0 fully saturated rings. The SMILES string of the molecule is C[C@@H](Nc1ncnc2[nH]cnc12)c1nc2ccc(F)cc2c(=O)n1-c1ccccc1F. The van der Waals surface area contributed by atoms with E-state index >= 15 is 0 Å². The second kappa shape index (κ2) is 7.24. The Hall–Kier alpha value is -4.21. The van der Waals surface area contributed by atoms with Gasteiger partial charge in [-0.15, -0.1) is 0 Å². The normalized spacial score (nSPS) is 12.4. The van der Waals surface area contributed by atoms with E-state index in [9.17, 15) is 13.6 Å². The second-order valence-electron chi connectivity index (χ2n) is 6.91. The van der Waals surface area contributed by atoms with Crippen molar-refractivity contribution in [2.75, 3.05) is 5.32 Å². The van der Waals surface area contributed by atoms with Crippen molar-refractivity contribution in [1.29, 1.82) is 0 Å². The van der Waals surface area contributed by atoms with Crippen molar-refractivity contribution < 1.29 is 8.78 Å². The molecule has 8 nitrogen and oxygen atoms in total. The Morgan fingerprint density at radius 1 is 1.10 bits per heavy atom. The summed E-state index contributed by atoms with van der Waals surface area (Å²) in [6, 6.07) is 9.01. The fraction of sp³-hybridized carbons (Fsp3) is 0.0952. The smallest absolute Gasteiger partial charge is 0.266 e. The van der Waals surface area contributed by atoms with Gasteiger partial charge in [0, 0.05) is 0 Å². The van der Waals surface area contributed by atoms with Crippen LogP contribution in [-0.4, -0.2) is 29.5 Å². The number of rotatable bonds is 4. The Morgan fingerprint density at radius 2 is 1.94 bits per heavy atom. The summed E-state index contributed by atoms with van der Waals surface area (Å²) in [6.07, 6.45) is 2.86. The molecule has 154 valence electrons. The van der Waals surface area contributed by atoms with E-state index in [4.69, 9.17) is 0 Å². The highest BCUT2D eigenvalue weighted by molar-refractivity contribution is 5.82. The zero-order chi connectivity index (χ0) is 21.5. The molecule has 5 aromatic rings. The number of imidazole rings is 1. The number of aromatic amines is 1. The molecule has 0 radical (unpaired) electrons. The van der Waals surface area contributed by atoms with Crippen LogP contribution in [0, 0.1) is 11.6 Å². The van der Waals surface area contributed by atoms with E-state index < -0.39 is 23.2 Å². The standard InChI is InChI=1S/C21H15F2N7O/c1-11(28-19-17-18(25-9-24-17)26-10-27-19)20-29-15-7-6-12(22)8-13(15)21(31)30(20)16-5-3-2-4-14(16)23/h2-11H,1H3,(H2,24,25,26,27,28)/t11-/m1/s1. The fourth-order valence-electron chi connectivity index (χ4n) is 3.47. The van der Waals surface area contributed by atoms with E-state index in [1.807, 2.05) is 0 Å². The van der Waals surface area contributed by atoms with Crippen LogP contribution >= 0.6 is 0 Å². The third-order valence-corrected chi connectivity index (χ3v) is 4.91. The molecule has 3 aromatic heterocycles. The molecule has 1 atom stereocenters. The number of H-pyrrole nitrogens is 1. The van der Waals surface area contributed by atoms with Crippen molar-refractivity contribution in [1.82, 2.24) is 29.5 Å². The molecule has 0 saturated heterocycles. The first-order valence-corrected chi connectivity index (χ1v) is 9.40. The third kappa shape index (κ3) is 3.18. The molecule has 0 amide bonds. The lowest BCUT2D eigenvalue weighted by Crippen LogP contribution is -2.28. The van der Waals surface area contributed by atoms with Crippen LogP contribution in [-0.2, 0) is 0 Å². The van der Waals surface area contributed by atoms with Gasteiger partial charge in [-0.1, -0.05) is 12.1 Å². The number of nitrogens with one attached hydrogen (secondary N) is 2. The molecule has 0 aliphatic rings. The zero-order valence-corrected chi connectivity index (χ0v) is 16.2. The van der Waals surface area contributed by atoms with Gasteiger partial charge in [0.05, 0.1) is 29.0 Å². The molecule has 2 aromatic carbocycles. The lowest BCUT2D eigenvalue weighted by molar-refractivity contribution is 0.606.